The third-order valence-electron chi connectivity index (χ3n) is 14.1. The number of allylic oxidation sites excluding steroid dienone is 1. The number of ether oxygens (including phenoxy) is 6. The Morgan fingerprint density at radius 2 is 1.38 bits per heavy atom. The van der Waals surface area contributed by atoms with Gasteiger partial charge in [-0.2, -0.15) is 0 Å². The molecule has 0 bridgehead atoms. The van der Waals surface area contributed by atoms with Gasteiger partial charge in [-0.05, 0) is 38.2 Å². The third kappa shape index (κ3) is 4.24. The maximum Gasteiger partial charge on any atom is 0.343 e. The van der Waals surface area contributed by atoms with Gasteiger partial charge in [-0.25, -0.2) is 4.79 Å². The molecule has 18 unspecified atom stereocenters. The van der Waals surface area contributed by atoms with Crippen LogP contribution in [-0.2, 0) is 57.2 Å². The molecule has 2 aliphatic heterocycles. The molecule has 0 radical (unpaired) electrons. The summed E-state index contributed by atoms with van der Waals surface area (Å²) in [6, 6.07) is 0. The molecule has 6 fully saturated rings. The zero-order chi connectivity index (χ0) is 36.8. The lowest BCUT2D eigenvalue weighted by atomic mass is 9.41. The van der Waals surface area contributed by atoms with E-state index in [1.807, 2.05) is 6.92 Å². The van der Waals surface area contributed by atoms with Crippen molar-refractivity contribution in [3.8, 4) is 0 Å². The van der Waals surface area contributed by atoms with E-state index < -0.39 is 142 Å². The van der Waals surface area contributed by atoms with Crippen LogP contribution in [0.4, 0.5) is 0 Å². The number of Topliss-reactive ketones (excluding diaryl/α,β-unsaturated/α-hetero) is 1. The smallest absolute Gasteiger partial charge is 0.343 e. The van der Waals surface area contributed by atoms with Gasteiger partial charge in [-0.15, -0.1) is 0 Å². The number of hydrogen-bond donors (Lipinski definition) is 2. The molecule has 4 saturated carbocycles. The van der Waals surface area contributed by atoms with Gasteiger partial charge in [-0.1, -0.05) is 20.8 Å². The van der Waals surface area contributed by atoms with Crippen LogP contribution in [0.2, 0.25) is 0 Å². The fraction of sp³-hybridized carbons (Fsp3) is 0.778. The van der Waals surface area contributed by atoms with Crippen LogP contribution in [0.5, 0.6) is 0 Å². The number of epoxide rings is 1. The fourth-order valence-corrected chi connectivity index (χ4v) is 12.2. The van der Waals surface area contributed by atoms with Crippen molar-refractivity contribution in [2.75, 3.05) is 0 Å². The van der Waals surface area contributed by atoms with Gasteiger partial charge in [0, 0.05) is 68.1 Å². The summed E-state index contributed by atoms with van der Waals surface area (Å²) in [6.45, 7) is 13.3. The van der Waals surface area contributed by atoms with Gasteiger partial charge < -0.3 is 38.6 Å². The van der Waals surface area contributed by atoms with Crippen LogP contribution in [-0.4, -0.2) is 94.2 Å². The van der Waals surface area contributed by atoms with Crippen molar-refractivity contribution in [3.63, 3.8) is 0 Å². The third-order valence-corrected chi connectivity index (χ3v) is 14.1. The van der Waals surface area contributed by atoms with E-state index in [0.717, 1.165) is 0 Å². The van der Waals surface area contributed by atoms with Crippen molar-refractivity contribution >= 4 is 35.6 Å². The molecule has 0 aromatic carbocycles. The zero-order valence-corrected chi connectivity index (χ0v) is 29.7. The molecule has 2 saturated heterocycles. The summed E-state index contributed by atoms with van der Waals surface area (Å²) in [5.74, 6) is -10.1. The number of carbonyl (C=O) groups excluding carboxylic acids is 6. The van der Waals surface area contributed by atoms with E-state index in [-0.39, 0.29) is 12.2 Å². The summed E-state index contributed by atoms with van der Waals surface area (Å²) in [5, 5.41) is 24.6. The number of aliphatic hydroxyl groups excluding tert-OH is 1. The van der Waals surface area contributed by atoms with Gasteiger partial charge in [-0.3, -0.25) is 24.0 Å². The number of esters is 5. The second-order valence-electron chi connectivity index (χ2n) is 16.5. The first kappa shape index (κ1) is 35.1. The van der Waals surface area contributed by atoms with Gasteiger partial charge in [0.15, 0.2) is 17.5 Å². The number of carbonyl (C=O) groups is 6. The van der Waals surface area contributed by atoms with Gasteiger partial charge in [0.2, 0.25) is 0 Å². The number of rotatable bonds is 4. The van der Waals surface area contributed by atoms with Crippen LogP contribution in [0.3, 0.4) is 0 Å². The van der Waals surface area contributed by atoms with E-state index in [1.54, 1.807) is 26.8 Å². The maximum atomic E-state index is 15.2. The molecular weight excluding hydrogens is 656 g/mol. The van der Waals surface area contributed by atoms with Crippen LogP contribution in [0.25, 0.3) is 0 Å². The lowest BCUT2D eigenvalue weighted by Gasteiger charge is -2.65. The highest BCUT2D eigenvalue weighted by Crippen LogP contribution is 2.75. The summed E-state index contributed by atoms with van der Waals surface area (Å²) in [4.78, 5) is 79.8. The molecule has 2 N–H and O–H groups in total. The molecule has 14 nitrogen and oxygen atoms in total. The number of hydrogen-bond acceptors (Lipinski definition) is 14. The first-order valence-electron chi connectivity index (χ1n) is 17.4. The summed E-state index contributed by atoms with van der Waals surface area (Å²) < 4.78 is 35.8. The minimum atomic E-state index is -2.09. The van der Waals surface area contributed by atoms with E-state index in [2.05, 4.69) is 0 Å². The summed E-state index contributed by atoms with van der Waals surface area (Å²) >= 11 is 0. The Bertz CT molecular complexity index is 1620. The van der Waals surface area contributed by atoms with Crippen LogP contribution in [0.1, 0.15) is 68.7 Å². The predicted octanol–water partition coefficient (Wildman–Crippen LogP) is 1.41. The minimum Gasteiger partial charge on any atom is -0.459 e. The largest absolute Gasteiger partial charge is 0.459 e. The highest BCUT2D eigenvalue weighted by atomic mass is 16.6. The van der Waals surface area contributed by atoms with Crippen LogP contribution in [0.15, 0.2) is 11.8 Å². The molecule has 50 heavy (non-hydrogen) atoms. The Labute approximate surface area is 289 Å². The van der Waals surface area contributed by atoms with E-state index in [4.69, 9.17) is 28.4 Å². The molecule has 0 amide bonds. The van der Waals surface area contributed by atoms with Crippen LogP contribution in [0, 0.1) is 57.7 Å². The Balaban J connectivity index is 1.51. The van der Waals surface area contributed by atoms with Crippen LogP contribution >= 0.6 is 0 Å². The Morgan fingerprint density at radius 1 is 0.800 bits per heavy atom. The second kappa shape index (κ2) is 10.8. The van der Waals surface area contributed by atoms with Crippen molar-refractivity contribution in [2.24, 2.45) is 57.7 Å². The van der Waals surface area contributed by atoms with Gasteiger partial charge >= 0.3 is 29.8 Å². The summed E-state index contributed by atoms with van der Waals surface area (Å²) in [7, 11) is 0. The van der Waals surface area contributed by atoms with Gasteiger partial charge in [0.05, 0.1) is 17.6 Å². The van der Waals surface area contributed by atoms with Gasteiger partial charge in [0.1, 0.15) is 30.2 Å². The molecule has 18 atom stereocenters. The Hall–Kier alpha value is -3.36. The molecule has 5 aliphatic carbocycles. The first-order chi connectivity index (χ1) is 23.1. The van der Waals surface area contributed by atoms with Crippen molar-refractivity contribution in [1.82, 2.24) is 0 Å². The van der Waals surface area contributed by atoms with E-state index in [9.17, 15) is 34.2 Å². The standard InChI is InChI=1S/C36H46O14/c1-12-10-19-35(8,36(9,44)32(43)50-19)24-21(12)34(7)22(26(24)42)20-23(29(46-14(3)38)31(34)48-16(5)40)33(6)17(27(25(20)41)45-13(2)37)11-18-28(49-18)30(33)47-15(4)39/h10,12,17-18,20-24,26-31,42,44H,11H2,1-9H3. The molecule has 0 spiro atoms. The number of ketones is 1. The highest BCUT2D eigenvalue weighted by Gasteiger charge is 2.83. The van der Waals surface area contributed by atoms with E-state index >= 15 is 4.79 Å². The average Bonchev–Trinajstić information content (AvgIpc) is 3.68. The molecule has 7 aliphatic rings. The maximum absolute atomic E-state index is 15.2. The quantitative estimate of drug-likeness (QED) is 0.242. The van der Waals surface area contributed by atoms with Crippen molar-refractivity contribution < 1.29 is 67.4 Å². The SMILES string of the molecule is CC(=O)OC1C(=O)C2C(C(OC(C)=O)C(OC(C)=O)C3(C)C2C(O)C2C3C(C)C=C3OC(=O)C(C)(O)C32C)C2(C)C1CC1OC1C2OC(C)=O. The molecule has 2 heterocycles. The minimum absolute atomic E-state index is 0.193. The summed E-state index contributed by atoms with van der Waals surface area (Å²) in [5.41, 5.74) is -6.19. The predicted molar refractivity (Wildman–Crippen MR) is 166 cm³/mol. The monoisotopic (exact) mass is 702 g/mol. The van der Waals surface area contributed by atoms with E-state index in [1.165, 1.54) is 34.6 Å². The lowest BCUT2D eigenvalue weighted by Crippen LogP contribution is -2.74. The molecule has 0 aromatic heterocycles. The molecule has 7 rings (SSSR count). The second-order valence-corrected chi connectivity index (χ2v) is 16.5. The van der Waals surface area contributed by atoms with Crippen molar-refractivity contribution in [2.45, 2.75) is 117 Å². The lowest BCUT2D eigenvalue weighted by molar-refractivity contribution is -0.267. The topological polar surface area (TPSA) is 202 Å². The molecule has 0 aromatic rings. The first-order valence-corrected chi connectivity index (χ1v) is 17.4. The highest BCUT2D eigenvalue weighted by molar-refractivity contribution is 5.90. The zero-order valence-electron chi connectivity index (χ0n) is 29.7. The van der Waals surface area contributed by atoms with Crippen molar-refractivity contribution in [3.05, 3.63) is 11.8 Å². The van der Waals surface area contributed by atoms with Crippen molar-refractivity contribution in [1.29, 1.82) is 0 Å². The average molecular weight is 703 g/mol. The van der Waals surface area contributed by atoms with Crippen LogP contribution < -0.4 is 0 Å². The summed E-state index contributed by atoms with van der Waals surface area (Å²) in [6.07, 6.45) is -5.28. The molecule has 274 valence electrons. The Morgan fingerprint density at radius 3 is 1.96 bits per heavy atom. The van der Waals surface area contributed by atoms with Gasteiger partial charge in [0.25, 0.3) is 0 Å². The molecule has 14 heteroatoms. The Kier molecular flexibility index (Phi) is 7.59. The normalized spacial score (nSPS) is 52.3. The van der Waals surface area contributed by atoms with E-state index in [0.29, 0.717) is 0 Å². The number of aliphatic hydroxyl groups is 2. The molecular formula is C36H46O14. The number of fused-ring (bicyclic) bond motifs is 10. The fourth-order valence-electron chi connectivity index (χ4n) is 12.2.